The van der Waals surface area contributed by atoms with Crippen molar-refractivity contribution < 1.29 is 4.74 Å². The molecular weight excluding hydrogens is 288 g/mol. The van der Waals surface area contributed by atoms with Gasteiger partial charge >= 0.3 is 0 Å². The van der Waals surface area contributed by atoms with Crippen LogP contribution in [0.3, 0.4) is 0 Å². The van der Waals surface area contributed by atoms with Gasteiger partial charge in [0.1, 0.15) is 0 Å². The molecule has 0 heterocycles. The molecule has 5 rings (SSSR count). The molecule has 0 aromatic carbocycles. The van der Waals surface area contributed by atoms with Crippen LogP contribution < -0.4 is 0 Å². The summed E-state index contributed by atoms with van der Waals surface area (Å²) in [5.41, 5.74) is 0.186. The summed E-state index contributed by atoms with van der Waals surface area (Å²) in [7, 11) is 0. The average molecular weight is 313 g/mol. The average Bonchev–Trinajstić information content (AvgIpc) is 2.72. The van der Waals surface area contributed by atoms with Crippen molar-refractivity contribution in [2.75, 3.05) is 0 Å². The number of hydrogen-bond donors (Lipinski definition) is 0. The van der Waals surface area contributed by atoms with E-state index in [1.165, 1.54) is 25.7 Å². The molecule has 0 aliphatic heterocycles. The van der Waals surface area contributed by atoms with E-state index >= 15 is 0 Å². The maximum atomic E-state index is 6.59. The molecule has 0 aromatic heterocycles. The second kappa shape index (κ2) is 3.75. The summed E-state index contributed by atoms with van der Waals surface area (Å²) in [5.74, 6) is 6.12. The van der Waals surface area contributed by atoms with Gasteiger partial charge in [-0.15, -0.1) is 0 Å². The van der Waals surface area contributed by atoms with Crippen LogP contribution in [0.15, 0.2) is 0 Å². The van der Waals surface area contributed by atoms with E-state index in [1.807, 2.05) is 0 Å². The van der Waals surface area contributed by atoms with Crippen LogP contribution in [0.4, 0.5) is 0 Å². The van der Waals surface area contributed by atoms with Gasteiger partial charge in [-0.25, -0.2) is 0 Å². The first-order chi connectivity index (χ1) is 8.62. The number of halogens is 1. The van der Waals surface area contributed by atoms with Crippen molar-refractivity contribution in [3.8, 4) is 0 Å². The molecule has 102 valence electrons. The zero-order valence-corrected chi connectivity index (χ0v) is 13.3. The minimum atomic E-state index is 0.186. The molecule has 18 heavy (non-hydrogen) atoms. The third-order valence-electron chi connectivity index (χ3n) is 6.40. The Labute approximate surface area is 119 Å². The molecule has 0 radical (unpaired) electrons. The molecule has 5 saturated carbocycles. The van der Waals surface area contributed by atoms with Crippen LogP contribution in [0.1, 0.15) is 46.5 Å². The maximum absolute atomic E-state index is 6.59. The van der Waals surface area contributed by atoms with E-state index in [1.54, 1.807) is 0 Å². The predicted molar refractivity (Wildman–Crippen MR) is 76.7 cm³/mol. The minimum absolute atomic E-state index is 0.186. The molecule has 6 unspecified atom stereocenters. The second-order valence-electron chi connectivity index (χ2n) is 7.45. The largest absolute Gasteiger partial charge is 0.371 e. The summed E-state index contributed by atoms with van der Waals surface area (Å²) in [5, 5.41) is 0. The van der Waals surface area contributed by atoms with E-state index < -0.39 is 0 Å². The van der Waals surface area contributed by atoms with Crippen molar-refractivity contribution in [1.82, 2.24) is 0 Å². The van der Waals surface area contributed by atoms with E-state index in [2.05, 4.69) is 36.7 Å². The van der Waals surface area contributed by atoms with Crippen molar-refractivity contribution >= 4 is 15.9 Å². The molecule has 0 aromatic rings. The molecule has 8 atom stereocenters. The Kier molecular flexibility index (Phi) is 2.54. The van der Waals surface area contributed by atoms with Gasteiger partial charge in [0.2, 0.25) is 0 Å². The Balaban J connectivity index is 1.66. The highest BCUT2D eigenvalue weighted by Crippen LogP contribution is 2.84. The van der Waals surface area contributed by atoms with Gasteiger partial charge in [0.05, 0.1) is 11.7 Å². The fourth-order valence-electron chi connectivity index (χ4n) is 6.23. The zero-order valence-electron chi connectivity index (χ0n) is 11.7. The number of unbranched alkanes of at least 4 members (excludes halogenated alkanes) is 1. The van der Waals surface area contributed by atoms with Gasteiger partial charge in [-0.2, -0.15) is 0 Å². The van der Waals surface area contributed by atoms with Crippen molar-refractivity contribution in [2.45, 2.75) is 63.0 Å². The highest BCUT2D eigenvalue weighted by atomic mass is 79.9. The molecule has 0 N–H and O–H groups in total. The van der Waals surface area contributed by atoms with Crippen LogP contribution in [0, 0.1) is 35.5 Å². The molecule has 6 bridgehead atoms. The van der Waals surface area contributed by atoms with Crippen molar-refractivity contribution in [3.63, 3.8) is 0 Å². The van der Waals surface area contributed by atoms with Crippen molar-refractivity contribution in [1.29, 1.82) is 0 Å². The molecular formula is C16H25BrO. The van der Waals surface area contributed by atoms with Gasteiger partial charge < -0.3 is 4.74 Å². The van der Waals surface area contributed by atoms with Crippen molar-refractivity contribution in [2.24, 2.45) is 35.5 Å². The van der Waals surface area contributed by atoms with Crippen LogP contribution in [0.5, 0.6) is 0 Å². The van der Waals surface area contributed by atoms with E-state index in [4.69, 9.17) is 4.74 Å². The number of rotatable bonds is 5. The van der Waals surface area contributed by atoms with Gasteiger partial charge in [-0.3, -0.25) is 0 Å². The molecule has 5 aliphatic rings. The van der Waals surface area contributed by atoms with Gasteiger partial charge in [0.25, 0.3) is 0 Å². The summed E-state index contributed by atoms with van der Waals surface area (Å²) in [6.45, 7) is 6.74. The van der Waals surface area contributed by atoms with Crippen LogP contribution >= 0.6 is 15.9 Å². The van der Waals surface area contributed by atoms with Gasteiger partial charge in [-0.1, -0.05) is 35.7 Å². The molecule has 5 fully saturated rings. The smallest absolute Gasteiger partial charge is 0.0846 e. The van der Waals surface area contributed by atoms with Crippen molar-refractivity contribution in [3.05, 3.63) is 0 Å². The van der Waals surface area contributed by atoms with Crippen LogP contribution in [0.2, 0.25) is 0 Å². The number of alkyl halides is 1. The summed E-state index contributed by atoms with van der Waals surface area (Å²) >= 11 is 4.09. The summed E-state index contributed by atoms with van der Waals surface area (Å²) in [4.78, 5) is 0.641. The highest BCUT2D eigenvalue weighted by Gasteiger charge is 2.84. The monoisotopic (exact) mass is 312 g/mol. The quantitative estimate of drug-likeness (QED) is 0.690. The number of hydrogen-bond acceptors (Lipinski definition) is 1. The Hall–Kier alpha value is 0.440. The third-order valence-corrected chi connectivity index (χ3v) is 7.78. The SMILES string of the molecule is CCCC[C@@]1(OC(C)C)C2C3CC4C(C42)C3[C@@H]1Br. The van der Waals surface area contributed by atoms with Gasteiger partial charge in [0.15, 0.2) is 0 Å². The topological polar surface area (TPSA) is 9.23 Å². The maximum Gasteiger partial charge on any atom is 0.0846 e. The Morgan fingerprint density at radius 2 is 2.00 bits per heavy atom. The molecule has 0 spiro atoms. The van der Waals surface area contributed by atoms with Crippen LogP contribution in [0.25, 0.3) is 0 Å². The molecule has 0 amide bonds. The lowest BCUT2D eigenvalue weighted by Crippen LogP contribution is -2.49. The zero-order chi connectivity index (χ0) is 12.7. The predicted octanol–water partition coefficient (Wildman–Crippen LogP) is 4.25. The highest BCUT2D eigenvalue weighted by molar-refractivity contribution is 9.09. The van der Waals surface area contributed by atoms with Gasteiger partial charge in [0, 0.05) is 4.83 Å². The van der Waals surface area contributed by atoms with E-state index in [0.29, 0.717) is 10.9 Å². The Morgan fingerprint density at radius 3 is 2.56 bits per heavy atom. The Bertz CT molecular complexity index is 368. The summed E-state index contributed by atoms with van der Waals surface area (Å²) in [6, 6.07) is 0. The lowest BCUT2D eigenvalue weighted by Gasteiger charge is -2.43. The third kappa shape index (κ3) is 1.23. The fraction of sp³-hybridized carbons (Fsp3) is 1.00. The lowest BCUT2D eigenvalue weighted by molar-refractivity contribution is -0.118. The van der Waals surface area contributed by atoms with E-state index in [0.717, 1.165) is 35.5 Å². The van der Waals surface area contributed by atoms with E-state index in [9.17, 15) is 0 Å². The molecule has 2 heteroatoms. The molecule has 0 saturated heterocycles. The lowest BCUT2D eigenvalue weighted by atomic mass is 9.79. The first-order valence-electron chi connectivity index (χ1n) is 7.93. The first-order valence-corrected chi connectivity index (χ1v) is 8.85. The minimum Gasteiger partial charge on any atom is -0.371 e. The van der Waals surface area contributed by atoms with E-state index in [-0.39, 0.29) is 5.60 Å². The summed E-state index contributed by atoms with van der Waals surface area (Å²) in [6.07, 6.45) is 5.80. The number of ether oxygens (including phenoxy) is 1. The first kappa shape index (κ1) is 12.2. The molecule has 1 nitrogen and oxygen atoms in total. The van der Waals surface area contributed by atoms with Crippen LogP contribution in [-0.4, -0.2) is 16.5 Å². The fourth-order valence-corrected chi connectivity index (χ4v) is 7.61. The standard InChI is InChI=1S/C16H25BrO/c1-4-5-6-16(18-8(2)3)14-10-7-9-11(12(9)14)13(10)15(16)17/h8-15H,4-7H2,1-3H3/t9?,10?,11?,12?,13?,14?,15-,16+/m0/s1. The molecule has 5 aliphatic carbocycles. The van der Waals surface area contributed by atoms with Crippen LogP contribution in [-0.2, 0) is 4.74 Å². The normalized spacial score (nSPS) is 58.8. The second-order valence-corrected chi connectivity index (χ2v) is 8.43. The summed E-state index contributed by atoms with van der Waals surface area (Å²) < 4.78 is 6.59. The Morgan fingerprint density at radius 1 is 1.22 bits per heavy atom. The van der Waals surface area contributed by atoms with Gasteiger partial charge in [-0.05, 0) is 62.2 Å².